The molecule has 6 fully saturated rings. The highest BCUT2D eigenvalue weighted by molar-refractivity contribution is 5.36. The fourth-order valence-electron chi connectivity index (χ4n) is 7.47. The van der Waals surface area contributed by atoms with Crippen LogP contribution in [0.4, 0.5) is 0 Å². The quantitative estimate of drug-likeness (QED) is 0.524. The van der Waals surface area contributed by atoms with E-state index in [4.69, 9.17) is 24.0 Å². The van der Waals surface area contributed by atoms with Crippen molar-refractivity contribution < 1.29 is 44.4 Å². The molecule has 2 aliphatic heterocycles. The van der Waals surface area contributed by atoms with Gasteiger partial charge >= 0.3 is 0 Å². The van der Waals surface area contributed by atoms with Crippen LogP contribution in [0.1, 0.15) is 37.7 Å². The number of hydrogen-bond acceptors (Lipinski definition) is 9. The predicted octanol–water partition coefficient (Wildman–Crippen LogP) is 0.189. The number of hydrogen-bond donors (Lipinski definition) is 3. The second-order valence-corrected chi connectivity index (χ2v) is 10.4. The first-order valence-electron chi connectivity index (χ1n) is 11.9. The van der Waals surface area contributed by atoms with Crippen LogP contribution in [0.15, 0.2) is 24.3 Å². The number of rotatable bonds is 5. The van der Waals surface area contributed by atoms with E-state index in [1.54, 1.807) is 25.3 Å². The third-order valence-corrected chi connectivity index (χ3v) is 8.76. The van der Waals surface area contributed by atoms with Crippen LogP contribution >= 0.6 is 0 Å². The van der Waals surface area contributed by atoms with Crippen LogP contribution in [-0.2, 0) is 25.0 Å². The van der Waals surface area contributed by atoms with Crippen LogP contribution in [0.3, 0.4) is 0 Å². The summed E-state index contributed by atoms with van der Waals surface area (Å²) in [6.07, 6.45) is -1.41. The molecule has 182 valence electrons. The minimum absolute atomic E-state index is 0.321. The molecule has 0 amide bonds. The van der Waals surface area contributed by atoms with Gasteiger partial charge < -0.3 is 34.6 Å². The predicted molar refractivity (Wildman–Crippen MR) is 109 cm³/mol. The van der Waals surface area contributed by atoms with Gasteiger partial charge in [-0.05, 0) is 67.9 Å². The third kappa shape index (κ3) is 3.01. The Kier molecular flexibility index (Phi) is 5.28. The molecule has 9 nitrogen and oxygen atoms in total. The Morgan fingerprint density at radius 1 is 1.03 bits per heavy atom. The van der Waals surface area contributed by atoms with Crippen LogP contribution in [0.25, 0.3) is 0 Å². The van der Waals surface area contributed by atoms with Crippen LogP contribution in [0.5, 0.6) is 5.75 Å². The maximum absolute atomic E-state index is 12.4. The average molecular weight is 464 g/mol. The highest BCUT2D eigenvalue weighted by Gasteiger charge is 2.76. The minimum atomic E-state index is -1.76. The highest BCUT2D eigenvalue weighted by atomic mass is 17.3. The topological polar surface area (TPSA) is 130 Å². The van der Waals surface area contributed by atoms with Gasteiger partial charge in [0, 0.05) is 19.0 Å². The molecular formula is C24H31O9-. The molecule has 0 aromatic heterocycles. The number of methoxy groups -OCH3 is 1. The Hall–Kier alpha value is -1.30. The molecule has 4 bridgehead atoms. The maximum atomic E-state index is 12.4. The molecule has 2 unspecified atom stereocenters. The standard InChI is InChI=1S/C24H31O9/c1-29-24(23(32-33-24)15-6-12-5-13(8-15)9-16(23)7-12)14-3-2-4-17(10-14)30-21-20(27)19(26)18(11-25)31-22(21)28/h2-4,10,12-13,15-16,18-22,25-27H,5-9,11H2,1H3/q-1/t12?,13?,15?,16?,18-,19+,20+,21-,22?,23?,24?/m1/s1. The molecule has 4 saturated carbocycles. The van der Waals surface area contributed by atoms with Crippen LogP contribution in [-0.4, -0.2) is 65.3 Å². The maximum Gasteiger partial charge on any atom is 0.260 e. The first-order chi connectivity index (χ1) is 15.9. The highest BCUT2D eigenvalue weighted by Crippen LogP contribution is 2.69. The van der Waals surface area contributed by atoms with Gasteiger partial charge in [-0.15, -0.1) is 0 Å². The van der Waals surface area contributed by atoms with E-state index in [2.05, 4.69) is 0 Å². The molecule has 9 heteroatoms. The first kappa shape index (κ1) is 22.2. The first-order valence-corrected chi connectivity index (χ1v) is 11.9. The van der Waals surface area contributed by atoms with Crippen molar-refractivity contribution in [2.24, 2.45) is 23.7 Å². The summed E-state index contributed by atoms with van der Waals surface area (Å²) in [6, 6.07) is 7.08. The van der Waals surface area contributed by atoms with Crippen molar-refractivity contribution in [3.8, 4) is 5.75 Å². The van der Waals surface area contributed by atoms with E-state index in [-0.39, 0.29) is 0 Å². The lowest BCUT2D eigenvalue weighted by Gasteiger charge is -2.68. The lowest BCUT2D eigenvalue weighted by molar-refractivity contribution is -0.645. The lowest BCUT2D eigenvalue weighted by Crippen LogP contribution is -2.76. The van der Waals surface area contributed by atoms with Gasteiger partial charge in [-0.1, -0.05) is 12.1 Å². The zero-order chi connectivity index (χ0) is 23.0. The van der Waals surface area contributed by atoms with Crippen molar-refractivity contribution in [3.63, 3.8) is 0 Å². The Morgan fingerprint density at radius 3 is 2.30 bits per heavy atom. The SMILES string of the molecule is COC1(c2cccc(O[C@H]3C([O-])O[C@H](CO)[C@H](O)[C@@H]3O)c2)OOC12C1CC3CC(C1)CC2C3. The van der Waals surface area contributed by atoms with E-state index in [0.29, 0.717) is 17.6 Å². The lowest BCUT2D eigenvalue weighted by atomic mass is 9.47. The van der Waals surface area contributed by atoms with Gasteiger partial charge in [-0.25, -0.2) is 4.89 Å². The summed E-state index contributed by atoms with van der Waals surface area (Å²) in [5.41, 5.74) is 0.177. The fourth-order valence-corrected chi connectivity index (χ4v) is 7.47. The molecule has 4 aliphatic carbocycles. The summed E-state index contributed by atoms with van der Waals surface area (Å²) in [6.45, 7) is -0.570. The Labute approximate surface area is 192 Å². The third-order valence-electron chi connectivity index (χ3n) is 8.76. The number of ether oxygens (including phenoxy) is 3. The van der Waals surface area contributed by atoms with Crippen molar-refractivity contribution in [3.05, 3.63) is 29.8 Å². The van der Waals surface area contributed by atoms with Crippen molar-refractivity contribution in [2.45, 2.75) is 74.2 Å². The molecule has 1 aromatic rings. The molecule has 1 spiro atoms. The summed E-state index contributed by atoms with van der Waals surface area (Å²) >= 11 is 0. The number of aliphatic hydroxyl groups is 3. The molecule has 33 heavy (non-hydrogen) atoms. The summed E-state index contributed by atoms with van der Waals surface area (Å²) in [4.78, 5) is 11.8. The summed E-state index contributed by atoms with van der Waals surface area (Å²) in [7, 11) is 1.63. The molecule has 1 aromatic carbocycles. The molecule has 3 N–H and O–H groups in total. The van der Waals surface area contributed by atoms with Gasteiger partial charge in [0.05, 0.1) is 6.61 Å². The number of benzene rings is 1. The van der Waals surface area contributed by atoms with Gasteiger partial charge in [0.25, 0.3) is 5.79 Å². The van der Waals surface area contributed by atoms with Crippen molar-refractivity contribution >= 4 is 0 Å². The Bertz CT molecular complexity index is 860. The van der Waals surface area contributed by atoms with Crippen molar-refractivity contribution in [2.75, 3.05) is 13.7 Å². The summed E-state index contributed by atoms with van der Waals surface area (Å²) in [5.74, 6) is 1.47. The van der Waals surface area contributed by atoms with E-state index in [9.17, 15) is 20.4 Å². The molecule has 7 rings (SSSR count). The summed E-state index contributed by atoms with van der Waals surface area (Å²) < 4.78 is 17.0. The van der Waals surface area contributed by atoms with E-state index >= 15 is 0 Å². The molecular weight excluding hydrogens is 432 g/mol. The fraction of sp³-hybridized carbons (Fsp3) is 0.750. The van der Waals surface area contributed by atoms with E-state index in [1.165, 1.54) is 6.42 Å². The van der Waals surface area contributed by atoms with Gasteiger partial charge in [-0.3, -0.25) is 0 Å². The molecule has 6 atom stereocenters. The zero-order valence-corrected chi connectivity index (χ0v) is 18.5. The van der Waals surface area contributed by atoms with Gasteiger partial charge in [0.2, 0.25) is 0 Å². The van der Waals surface area contributed by atoms with Crippen molar-refractivity contribution in [1.82, 2.24) is 0 Å². The minimum Gasteiger partial charge on any atom is -0.828 e. The van der Waals surface area contributed by atoms with E-state index < -0.39 is 48.7 Å². The van der Waals surface area contributed by atoms with Crippen LogP contribution in [0.2, 0.25) is 0 Å². The van der Waals surface area contributed by atoms with Crippen molar-refractivity contribution in [1.29, 1.82) is 0 Å². The monoisotopic (exact) mass is 463 g/mol. The second kappa shape index (κ2) is 7.86. The second-order valence-electron chi connectivity index (χ2n) is 10.4. The largest absolute Gasteiger partial charge is 0.828 e. The smallest absolute Gasteiger partial charge is 0.260 e. The van der Waals surface area contributed by atoms with Gasteiger partial charge in [0.15, 0.2) is 5.60 Å². The van der Waals surface area contributed by atoms with E-state index in [1.807, 2.05) is 6.07 Å². The Morgan fingerprint density at radius 2 is 1.73 bits per heavy atom. The average Bonchev–Trinajstić information content (AvgIpc) is 2.79. The molecule has 2 heterocycles. The zero-order valence-electron chi connectivity index (χ0n) is 18.5. The van der Waals surface area contributed by atoms with Crippen LogP contribution in [0, 0.1) is 23.7 Å². The van der Waals surface area contributed by atoms with E-state index in [0.717, 1.165) is 43.1 Å². The molecule has 0 radical (unpaired) electrons. The van der Waals surface area contributed by atoms with Crippen LogP contribution < -0.4 is 9.84 Å². The molecule has 2 saturated heterocycles. The van der Waals surface area contributed by atoms with Gasteiger partial charge in [-0.2, -0.15) is 4.89 Å². The van der Waals surface area contributed by atoms with Gasteiger partial charge in [0.1, 0.15) is 30.2 Å². The normalized spacial score (nSPS) is 50.4. The Balaban J connectivity index is 1.29. The summed E-state index contributed by atoms with van der Waals surface area (Å²) in [5, 5.41) is 42.2. The number of aliphatic hydroxyl groups excluding tert-OH is 3. The molecule has 6 aliphatic rings.